The van der Waals surface area contributed by atoms with Crippen LogP contribution < -0.4 is 10.5 Å². The standard InChI is InChI=1S/C19H22N4O/c1-24-17-11-16-15(10-14(17)12-6-8-21-9-7-12)22-19(23-16)18(20)13-4-2-3-5-13/h6-11,13,18H,2-5,20H2,1H3,(H,22,23). The van der Waals surface area contributed by atoms with Crippen LogP contribution >= 0.6 is 0 Å². The highest BCUT2D eigenvalue weighted by atomic mass is 16.5. The first-order valence-electron chi connectivity index (χ1n) is 8.50. The molecule has 124 valence electrons. The second-order valence-corrected chi connectivity index (χ2v) is 6.50. The van der Waals surface area contributed by atoms with Crippen molar-refractivity contribution < 1.29 is 4.74 Å². The Hall–Kier alpha value is -2.40. The van der Waals surface area contributed by atoms with Crippen molar-refractivity contribution in [2.75, 3.05) is 7.11 Å². The van der Waals surface area contributed by atoms with Gasteiger partial charge < -0.3 is 15.5 Å². The quantitative estimate of drug-likeness (QED) is 0.765. The fourth-order valence-electron chi connectivity index (χ4n) is 3.68. The van der Waals surface area contributed by atoms with E-state index in [1.54, 1.807) is 19.5 Å². The number of H-pyrrole nitrogens is 1. The predicted molar refractivity (Wildman–Crippen MR) is 94.8 cm³/mol. The van der Waals surface area contributed by atoms with Gasteiger partial charge in [-0.2, -0.15) is 0 Å². The van der Waals surface area contributed by atoms with Crippen LogP contribution in [0.3, 0.4) is 0 Å². The fourth-order valence-corrected chi connectivity index (χ4v) is 3.68. The number of nitrogens with two attached hydrogens (primary N) is 1. The third kappa shape index (κ3) is 2.65. The van der Waals surface area contributed by atoms with E-state index in [0.29, 0.717) is 5.92 Å². The van der Waals surface area contributed by atoms with E-state index in [1.165, 1.54) is 25.7 Å². The van der Waals surface area contributed by atoms with Crippen LogP contribution in [-0.4, -0.2) is 22.1 Å². The molecule has 24 heavy (non-hydrogen) atoms. The second kappa shape index (κ2) is 6.24. The summed E-state index contributed by atoms with van der Waals surface area (Å²) in [7, 11) is 1.69. The predicted octanol–water partition coefficient (Wildman–Crippen LogP) is 3.82. The molecule has 5 nitrogen and oxygen atoms in total. The van der Waals surface area contributed by atoms with Gasteiger partial charge in [0.25, 0.3) is 0 Å². The minimum atomic E-state index is -0.0183. The van der Waals surface area contributed by atoms with Gasteiger partial charge in [0.1, 0.15) is 11.6 Å². The zero-order valence-electron chi connectivity index (χ0n) is 13.8. The van der Waals surface area contributed by atoms with Gasteiger partial charge in [0.2, 0.25) is 0 Å². The largest absolute Gasteiger partial charge is 0.496 e. The molecule has 0 spiro atoms. The van der Waals surface area contributed by atoms with Crippen LogP contribution in [-0.2, 0) is 0 Å². The molecular weight excluding hydrogens is 300 g/mol. The summed E-state index contributed by atoms with van der Waals surface area (Å²) in [6.45, 7) is 0. The zero-order valence-corrected chi connectivity index (χ0v) is 13.8. The Morgan fingerprint density at radius 2 is 1.96 bits per heavy atom. The fraction of sp³-hybridized carbons (Fsp3) is 0.368. The summed E-state index contributed by atoms with van der Waals surface area (Å²) in [4.78, 5) is 12.2. The number of rotatable bonds is 4. The minimum absolute atomic E-state index is 0.0183. The molecule has 0 aliphatic heterocycles. The maximum atomic E-state index is 6.45. The molecule has 1 atom stereocenters. The van der Waals surface area contributed by atoms with Crippen molar-refractivity contribution in [1.29, 1.82) is 0 Å². The van der Waals surface area contributed by atoms with E-state index in [-0.39, 0.29) is 6.04 Å². The molecule has 5 heteroatoms. The molecule has 0 bridgehead atoms. The molecule has 2 aromatic heterocycles. The number of ether oxygens (including phenoxy) is 1. The number of pyridine rings is 1. The summed E-state index contributed by atoms with van der Waals surface area (Å²) in [5.74, 6) is 2.23. The Bertz CT molecular complexity index is 837. The maximum absolute atomic E-state index is 6.45. The average molecular weight is 322 g/mol. The van der Waals surface area contributed by atoms with Crippen LogP contribution in [0, 0.1) is 5.92 Å². The van der Waals surface area contributed by atoms with E-state index in [1.807, 2.05) is 18.2 Å². The van der Waals surface area contributed by atoms with Gasteiger partial charge in [-0.3, -0.25) is 4.98 Å². The lowest BCUT2D eigenvalue weighted by molar-refractivity contribution is 0.417. The molecule has 3 aromatic rings. The Balaban J connectivity index is 1.76. The molecule has 1 saturated carbocycles. The SMILES string of the molecule is COc1cc2[nH]c(C(N)C3CCCC3)nc2cc1-c1ccncc1. The van der Waals surface area contributed by atoms with E-state index in [2.05, 4.69) is 16.0 Å². The number of nitrogens with zero attached hydrogens (tertiary/aromatic N) is 2. The third-order valence-electron chi connectivity index (χ3n) is 5.04. The lowest BCUT2D eigenvalue weighted by Crippen LogP contribution is -2.20. The number of hydrogen-bond donors (Lipinski definition) is 2. The van der Waals surface area contributed by atoms with Crippen molar-refractivity contribution in [3.63, 3.8) is 0 Å². The van der Waals surface area contributed by atoms with Crippen molar-refractivity contribution in [2.45, 2.75) is 31.7 Å². The smallest absolute Gasteiger partial charge is 0.128 e. The van der Waals surface area contributed by atoms with Gasteiger partial charge in [0, 0.05) is 24.0 Å². The Morgan fingerprint density at radius 3 is 2.67 bits per heavy atom. The van der Waals surface area contributed by atoms with Gasteiger partial charge >= 0.3 is 0 Å². The van der Waals surface area contributed by atoms with Crippen LogP contribution in [0.5, 0.6) is 5.75 Å². The van der Waals surface area contributed by atoms with Gasteiger partial charge in [-0.15, -0.1) is 0 Å². The summed E-state index contributed by atoms with van der Waals surface area (Å²) in [6, 6.07) is 7.99. The number of aromatic amines is 1. The van der Waals surface area contributed by atoms with Crippen LogP contribution in [0.1, 0.15) is 37.5 Å². The lowest BCUT2D eigenvalue weighted by Gasteiger charge is -2.15. The zero-order chi connectivity index (χ0) is 16.5. The van der Waals surface area contributed by atoms with E-state index < -0.39 is 0 Å². The van der Waals surface area contributed by atoms with Crippen molar-refractivity contribution in [3.05, 3.63) is 42.5 Å². The van der Waals surface area contributed by atoms with Gasteiger partial charge in [-0.1, -0.05) is 12.8 Å². The highest BCUT2D eigenvalue weighted by Gasteiger charge is 2.25. The first-order chi connectivity index (χ1) is 11.8. The van der Waals surface area contributed by atoms with Crippen LogP contribution in [0.4, 0.5) is 0 Å². The van der Waals surface area contributed by atoms with E-state index >= 15 is 0 Å². The first-order valence-corrected chi connectivity index (χ1v) is 8.50. The van der Waals surface area contributed by atoms with Crippen molar-refractivity contribution in [2.24, 2.45) is 11.7 Å². The molecule has 1 aliphatic rings. The molecule has 3 N–H and O–H groups in total. The van der Waals surface area contributed by atoms with Gasteiger partial charge in [0.05, 0.1) is 24.2 Å². The van der Waals surface area contributed by atoms with E-state index in [9.17, 15) is 0 Å². The molecule has 2 heterocycles. The molecule has 1 aliphatic carbocycles. The number of imidazole rings is 1. The van der Waals surface area contributed by atoms with Gasteiger partial charge in [0.15, 0.2) is 0 Å². The first kappa shape index (κ1) is 15.1. The second-order valence-electron chi connectivity index (χ2n) is 6.50. The molecule has 1 aromatic carbocycles. The number of aromatic nitrogens is 3. The third-order valence-corrected chi connectivity index (χ3v) is 5.04. The monoisotopic (exact) mass is 322 g/mol. The highest BCUT2D eigenvalue weighted by molar-refractivity contribution is 5.86. The minimum Gasteiger partial charge on any atom is -0.496 e. The topological polar surface area (TPSA) is 76.8 Å². The molecule has 1 fully saturated rings. The summed E-state index contributed by atoms with van der Waals surface area (Å²) in [5, 5.41) is 0. The molecule has 0 saturated heterocycles. The van der Waals surface area contributed by atoms with Gasteiger partial charge in [-0.05, 0) is 42.5 Å². The number of nitrogens with one attached hydrogen (secondary N) is 1. The van der Waals surface area contributed by atoms with Crippen LogP contribution in [0.2, 0.25) is 0 Å². The molecule has 4 rings (SSSR count). The number of benzene rings is 1. The highest BCUT2D eigenvalue weighted by Crippen LogP contribution is 2.36. The molecule has 1 unspecified atom stereocenters. The molecule has 0 radical (unpaired) electrons. The average Bonchev–Trinajstić information content (AvgIpc) is 3.30. The molecule has 0 amide bonds. The maximum Gasteiger partial charge on any atom is 0.128 e. The van der Waals surface area contributed by atoms with E-state index in [4.69, 9.17) is 15.5 Å². The summed E-state index contributed by atoms with van der Waals surface area (Å²) in [5.41, 5.74) is 10.4. The number of fused-ring (bicyclic) bond motifs is 1. The van der Waals surface area contributed by atoms with Crippen LogP contribution in [0.15, 0.2) is 36.7 Å². The van der Waals surface area contributed by atoms with Crippen molar-refractivity contribution in [1.82, 2.24) is 15.0 Å². The van der Waals surface area contributed by atoms with E-state index in [0.717, 1.165) is 33.7 Å². The number of methoxy groups -OCH3 is 1. The van der Waals surface area contributed by atoms with Gasteiger partial charge in [-0.25, -0.2) is 4.98 Å². The number of hydrogen-bond acceptors (Lipinski definition) is 4. The van der Waals surface area contributed by atoms with Crippen molar-refractivity contribution in [3.8, 4) is 16.9 Å². The lowest BCUT2D eigenvalue weighted by atomic mass is 9.99. The summed E-state index contributed by atoms with van der Waals surface area (Å²) in [6.07, 6.45) is 8.51. The Morgan fingerprint density at radius 1 is 1.21 bits per heavy atom. The van der Waals surface area contributed by atoms with Crippen LogP contribution in [0.25, 0.3) is 22.2 Å². The summed E-state index contributed by atoms with van der Waals surface area (Å²) < 4.78 is 5.58. The van der Waals surface area contributed by atoms with Crippen molar-refractivity contribution >= 4 is 11.0 Å². The molecular formula is C19H22N4O. The Kier molecular flexibility index (Phi) is 3.94. The Labute approximate surface area is 141 Å². The summed E-state index contributed by atoms with van der Waals surface area (Å²) >= 11 is 0. The normalized spacial score (nSPS) is 16.6.